The van der Waals surface area contributed by atoms with E-state index in [0.717, 1.165) is 30.5 Å². The minimum absolute atomic E-state index is 0.101. The highest BCUT2D eigenvalue weighted by Crippen LogP contribution is 2.29. The lowest BCUT2D eigenvalue weighted by molar-refractivity contribution is 0.0693. The average molecular weight is 256 g/mol. The number of aryl methyl sites for hydroxylation is 2. The summed E-state index contributed by atoms with van der Waals surface area (Å²) in [5.74, 6) is -0.405. The second-order valence-electron chi connectivity index (χ2n) is 4.40. The molecule has 2 aromatic rings. The second-order valence-corrected chi connectivity index (χ2v) is 4.40. The van der Waals surface area contributed by atoms with E-state index in [0.29, 0.717) is 5.75 Å². The van der Waals surface area contributed by atoms with Gasteiger partial charge in [0, 0.05) is 11.9 Å². The zero-order chi connectivity index (χ0) is 13.2. The lowest BCUT2D eigenvalue weighted by atomic mass is 10.1. The van der Waals surface area contributed by atoms with Gasteiger partial charge in [-0.1, -0.05) is 0 Å². The molecule has 1 aliphatic carbocycles. The molecular formula is C14H12N2O3. The van der Waals surface area contributed by atoms with Crippen molar-refractivity contribution in [1.82, 2.24) is 9.97 Å². The number of ether oxygens (including phenoxy) is 1. The molecule has 1 N–H and O–H groups in total. The summed E-state index contributed by atoms with van der Waals surface area (Å²) >= 11 is 0. The van der Waals surface area contributed by atoms with Gasteiger partial charge < -0.3 is 9.84 Å². The maximum atomic E-state index is 11.3. The van der Waals surface area contributed by atoms with E-state index in [4.69, 9.17) is 4.74 Å². The van der Waals surface area contributed by atoms with E-state index in [1.54, 1.807) is 24.4 Å². The molecule has 0 atom stereocenters. The van der Waals surface area contributed by atoms with E-state index in [2.05, 4.69) is 9.97 Å². The standard InChI is InChI=1S/C14H12N2O3/c17-14(18)11-7-9-3-1-5-12(9)16-13(11)19-10-4-2-6-15-8-10/h2,4,6-8H,1,3,5H2,(H,17,18). The van der Waals surface area contributed by atoms with Crippen molar-refractivity contribution < 1.29 is 14.6 Å². The zero-order valence-corrected chi connectivity index (χ0v) is 10.2. The molecule has 0 bridgehead atoms. The highest BCUT2D eigenvalue weighted by Gasteiger charge is 2.21. The lowest BCUT2D eigenvalue weighted by Crippen LogP contribution is -2.05. The van der Waals surface area contributed by atoms with E-state index >= 15 is 0 Å². The van der Waals surface area contributed by atoms with Crippen LogP contribution in [0.25, 0.3) is 0 Å². The zero-order valence-electron chi connectivity index (χ0n) is 10.2. The topological polar surface area (TPSA) is 72.3 Å². The van der Waals surface area contributed by atoms with Crippen LogP contribution in [-0.4, -0.2) is 21.0 Å². The number of aromatic carboxylic acids is 1. The number of carbonyl (C=O) groups is 1. The molecule has 2 aromatic heterocycles. The average Bonchev–Trinajstić information content (AvgIpc) is 2.86. The van der Waals surface area contributed by atoms with Crippen LogP contribution in [0.5, 0.6) is 11.6 Å². The summed E-state index contributed by atoms with van der Waals surface area (Å²) in [6.45, 7) is 0. The van der Waals surface area contributed by atoms with E-state index in [-0.39, 0.29) is 11.4 Å². The summed E-state index contributed by atoms with van der Waals surface area (Å²) in [7, 11) is 0. The van der Waals surface area contributed by atoms with E-state index in [9.17, 15) is 9.90 Å². The summed E-state index contributed by atoms with van der Waals surface area (Å²) in [5.41, 5.74) is 2.05. The van der Waals surface area contributed by atoms with Crippen molar-refractivity contribution in [2.24, 2.45) is 0 Å². The predicted molar refractivity (Wildman–Crippen MR) is 67.5 cm³/mol. The molecule has 2 heterocycles. The third-order valence-corrected chi connectivity index (χ3v) is 3.10. The molecule has 0 aliphatic heterocycles. The molecule has 0 amide bonds. The molecule has 0 radical (unpaired) electrons. The summed E-state index contributed by atoms with van der Waals surface area (Å²) in [6.07, 6.45) is 5.92. The molecule has 5 nitrogen and oxygen atoms in total. The van der Waals surface area contributed by atoms with Crippen LogP contribution < -0.4 is 4.74 Å². The van der Waals surface area contributed by atoms with Gasteiger partial charge >= 0.3 is 5.97 Å². The minimum atomic E-state index is -1.03. The van der Waals surface area contributed by atoms with Gasteiger partial charge in [0.1, 0.15) is 11.3 Å². The monoisotopic (exact) mass is 256 g/mol. The molecule has 0 unspecified atom stereocenters. The highest BCUT2D eigenvalue weighted by atomic mass is 16.5. The van der Waals surface area contributed by atoms with Gasteiger partial charge in [0.05, 0.1) is 6.20 Å². The van der Waals surface area contributed by atoms with E-state index < -0.39 is 5.97 Å². The number of hydrogen-bond acceptors (Lipinski definition) is 4. The van der Waals surface area contributed by atoms with Crippen LogP contribution in [0.15, 0.2) is 30.6 Å². The Morgan fingerprint density at radius 1 is 1.37 bits per heavy atom. The van der Waals surface area contributed by atoms with Crippen LogP contribution in [-0.2, 0) is 12.8 Å². The maximum Gasteiger partial charge on any atom is 0.341 e. The Hall–Kier alpha value is -2.43. The van der Waals surface area contributed by atoms with E-state index in [1.165, 1.54) is 6.20 Å². The van der Waals surface area contributed by atoms with E-state index in [1.807, 2.05) is 0 Å². The van der Waals surface area contributed by atoms with Gasteiger partial charge in [0.2, 0.25) is 5.88 Å². The van der Waals surface area contributed by atoms with Crippen molar-refractivity contribution in [3.63, 3.8) is 0 Å². The van der Waals surface area contributed by atoms with Crippen LogP contribution in [0.1, 0.15) is 28.0 Å². The molecule has 96 valence electrons. The first-order valence-corrected chi connectivity index (χ1v) is 6.08. The molecule has 0 aromatic carbocycles. The van der Waals surface area contributed by atoms with Gasteiger partial charge in [0.25, 0.3) is 0 Å². The number of pyridine rings is 2. The predicted octanol–water partition coefficient (Wildman–Crippen LogP) is 2.46. The Morgan fingerprint density at radius 2 is 2.26 bits per heavy atom. The largest absolute Gasteiger partial charge is 0.477 e. The summed E-state index contributed by atoms with van der Waals surface area (Å²) < 4.78 is 5.54. The number of carboxylic acid groups (broad SMARTS) is 1. The Morgan fingerprint density at radius 3 is 3.00 bits per heavy atom. The molecule has 0 saturated carbocycles. The number of fused-ring (bicyclic) bond motifs is 1. The SMILES string of the molecule is O=C(O)c1cc2c(nc1Oc1cccnc1)CCC2. The summed E-state index contributed by atoms with van der Waals surface area (Å²) in [4.78, 5) is 19.5. The Kier molecular flexibility index (Phi) is 2.87. The Bertz CT molecular complexity index is 626. The molecule has 5 heteroatoms. The third-order valence-electron chi connectivity index (χ3n) is 3.10. The van der Waals surface area contributed by atoms with Crippen molar-refractivity contribution in [3.8, 4) is 11.6 Å². The molecular weight excluding hydrogens is 244 g/mol. The number of hydrogen-bond donors (Lipinski definition) is 1. The number of rotatable bonds is 3. The number of aromatic nitrogens is 2. The molecule has 19 heavy (non-hydrogen) atoms. The maximum absolute atomic E-state index is 11.3. The fraction of sp³-hybridized carbons (Fsp3) is 0.214. The molecule has 0 spiro atoms. The molecule has 0 fully saturated rings. The first kappa shape index (κ1) is 11.6. The summed E-state index contributed by atoms with van der Waals surface area (Å²) in [6, 6.07) is 5.11. The second kappa shape index (κ2) is 4.68. The van der Waals surface area contributed by atoms with Gasteiger partial charge in [-0.05, 0) is 43.0 Å². The van der Waals surface area contributed by atoms with Crippen molar-refractivity contribution in [2.75, 3.05) is 0 Å². The minimum Gasteiger partial charge on any atom is -0.477 e. The fourth-order valence-electron chi connectivity index (χ4n) is 2.20. The smallest absolute Gasteiger partial charge is 0.341 e. The molecule has 1 aliphatic rings. The highest BCUT2D eigenvalue weighted by molar-refractivity contribution is 5.90. The first-order valence-electron chi connectivity index (χ1n) is 6.08. The van der Waals surface area contributed by atoms with Crippen LogP contribution in [0.2, 0.25) is 0 Å². The quantitative estimate of drug-likeness (QED) is 0.913. The van der Waals surface area contributed by atoms with Crippen molar-refractivity contribution in [3.05, 3.63) is 47.4 Å². The Labute approximate surface area is 109 Å². The van der Waals surface area contributed by atoms with Gasteiger partial charge in [-0.15, -0.1) is 0 Å². The van der Waals surface area contributed by atoms with Crippen molar-refractivity contribution in [1.29, 1.82) is 0 Å². The van der Waals surface area contributed by atoms with Crippen molar-refractivity contribution in [2.45, 2.75) is 19.3 Å². The molecule has 3 rings (SSSR count). The van der Waals surface area contributed by atoms with Gasteiger partial charge in [-0.25, -0.2) is 9.78 Å². The first-order chi connectivity index (χ1) is 9.24. The van der Waals surface area contributed by atoms with Gasteiger partial charge in [0.15, 0.2) is 0 Å². The summed E-state index contributed by atoms with van der Waals surface area (Å²) in [5, 5.41) is 9.24. The van der Waals surface area contributed by atoms with Crippen LogP contribution in [0, 0.1) is 0 Å². The fourth-order valence-corrected chi connectivity index (χ4v) is 2.20. The third kappa shape index (κ3) is 2.27. The van der Waals surface area contributed by atoms with Gasteiger partial charge in [-0.3, -0.25) is 4.98 Å². The van der Waals surface area contributed by atoms with Crippen LogP contribution >= 0.6 is 0 Å². The lowest BCUT2D eigenvalue weighted by Gasteiger charge is -2.09. The van der Waals surface area contributed by atoms with Crippen molar-refractivity contribution >= 4 is 5.97 Å². The van der Waals surface area contributed by atoms with Crippen LogP contribution in [0.4, 0.5) is 0 Å². The number of nitrogens with zero attached hydrogens (tertiary/aromatic N) is 2. The normalized spacial score (nSPS) is 13.1. The number of carboxylic acids is 1. The van der Waals surface area contributed by atoms with Crippen LogP contribution in [0.3, 0.4) is 0 Å². The molecule has 0 saturated heterocycles. The Balaban J connectivity index is 2.02. The van der Waals surface area contributed by atoms with Gasteiger partial charge in [-0.2, -0.15) is 0 Å².